The summed E-state index contributed by atoms with van der Waals surface area (Å²) < 4.78 is 0. The number of benzene rings is 1. The van der Waals surface area contributed by atoms with Crippen LogP contribution in [0.3, 0.4) is 0 Å². The van der Waals surface area contributed by atoms with Gasteiger partial charge in [0.15, 0.2) is 5.13 Å². The van der Waals surface area contributed by atoms with Crippen molar-refractivity contribution in [3.63, 3.8) is 0 Å². The number of rotatable bonds is 2. The van der Waals surface area contributed by atoms with E-state index in [4.69, 9.17) is 0 Å². The molecule has 5 nitrogen and oxygen atoms in total. The number of carbonyl (C=O) groups excluding carboxylic acids is 1. The first-order valence-electron chi connectivity index (χ1n) is 5.57. The highest BCUT2D eigenvalue weighted by molar-refractivity contribution is 7.13. The summed E-state index contributed by atoms with van der Waals surface area (Å²) >= 11 is 1.30. The van der Waals surface area contributed by atoms with Gasteiger partial charge in [-0.3, -0.25) is 14.9 Å². The summed E-state index contributed by atoms with van der Waals surface area (Å²) in [6, 6.07) is 7.07. The smallest absolute Gasteiger partial charge is 0.262 e. The number of nitrogens with zero attached hydrogens (tertiary/aromatic N) is 1. The molecule has 94 valence electrons. The quantitative estimate of drug-likeness (QED) is 0.750. The van der Waals surface area contributed by atoms with Crippen LogP contribution >= 0.6 is 11.3 Å². The molecule has 0 saturated heterocycles. The molecule has 3 aromatic rings. The number of H-pyrrole nitrogens is 1. The number of amides is 1. The molecular formula is C13H9N3O2S. The van der Waals surface area contributed by atoms with Gasteiger partial charge in [0.25, 0.3) is 5.91 Å². The second kappa shape index (κ2) is 4.66. The minimum absolute atomic E-state index is 0.0777. The van der Waals surface area contributed by atoms with Gasteiger partial charge in [0, 0.05) is 28.7 Å². The van der Waals surface area contributed by atoms with Gasteiger partial charge in [-0.2, -0.15) is 0 Å². The van der Waals surface area contributed by atoms with E-state index in [9.17, 15) is 9.59 Å². The van der Waals surface area contributed by atoms with Gasteiger partial charge in [-0.15, -0.1) is 11.3 Å². The molecule has 2 N–H and O–H groups in total. The van der Waals surface area contributed by atoms with Gasteiger partial charge in [0.05, 0.1) is 0 Å². The summed E-state index contributed by atoms with van der Waals surface area (Å²) in [5.74, 6) is -0.457. The number of carbonyl (C=O) groups is 1. The third kappa shape index (κ3) is 2.13. The van der Waals surface area contributed by atoms with Crippen molar-refractivity contribution >= 4 is 33.3 Å². The van der Waals surface area contributed by atoms with Gasteiger partial charge in [0.1, 0.15) is 5.56 Å². The Morgan fingerprint density at radius 2 is 2.16 bits per heavy atom. The third-order valence-corrected chi connectivity index (χ3v) is 3.37. The van der Waals surface area contributed by atoms with E-state index in [-0.39, 0.29) is 11.0 Å². The number of fused-ring (bicyclic) bond motifs is 1. The molecule has 0 unspecified atom stereocenters. The fraction of sp³-hybridized carbons (Fsp3) is 0. The van der Waals surface area contributed by atoms with Gasteiger partial charge in [0.2, 0.25) is 5.43 Å². The second-order valence-corrected chi connectivity index (χ2v) is 4.76. The lowest BCUT2D eigenvalue weighted by molar-refractivity contribution is 0.102. The molecule has 2 aromatic heterocycles. The maximum atomic E-state index is 12.2. The van der Waals surface area contributed by atoms with Crippen LogP contribution in [-0.4, -0.2) is 15.9 Å². The van der Waals surface area contributed by atoms with Crippen LogP contribution < -0.4 is 10.7 Å². The second-order valence-electron chi connectivity index (χ2n) is 3.87. The molecule has 0 spiro atoms. The fourth-order valence-electron chi connectivity index (χ4n) is 1.79. The molecule has 0 fully saturated rings. The van der Waals surface area contributed by atoms with Crippen LogP contribution in [-0.2, 0) is 0 Å². The molecule has 0 aliphatic carbocycles. The van der Waals surface area contributed by atoms with E-state index in [0.29, 0.717) is 16.0 Å². The molecule has 0 radical (unpaired) electrons. The topological polar surface area (TPSA) is 74.8 Å². The Hall–Kier alpha value is -2.47. The first-order chi connectivity index (χ1) is 9.25. The molecule has 0 aliphatic rings. The summed E-state index contributed by atoms with van der Waals surface area (Å²) in [5, 5.41) is 5.31. The van der Waals surface area contributed by atoms with Crippen LogP contribution in [0.5, 0.6) is 0 Å². The molecular weight excluding hydrogens is 262 g/mol. The highest BCUT2D eigenvalue weighted by atomic mass is 32.1. The normalized spacial score (nSPS) is 10.5. The van der Waals surface area contributed by atoms with Crippen molar-refractivity contribution in [2.75, 3.05) is 5.32 Å². The number of para-hydroxylation sites is 1. The zero-order chi connectivity index (χ0) is 13.2. The van der Waals surface area contributed by atoms with Gasteiger partial charge in [-0.1, -0.05) is 12.1 Å². The Morgan fingerprint density at radius 3 is 2.95 bits per heavy atom. The zero-order valence-electron chi connectivity index (χ0n) is 9.71. The highest BCUT2D eigenvalue weighted by Gasteiger charge is 2.13. The summed E-state index contributed by atoms with van der Waals surface area (Å²) in [7, 11) is 0. The minimum atomic E-state index is -0.457. The molecule has 1 amide bonds. The van der Waals surface area contributed by atoms with Gasteiger partial charge < -0.3 is 4.98 Å². The molecule has 6 heteroatoms. The number of hydrogen-bond donors (Lipinski definition) is 2. The Labute approximate surface area is 111 Å². The summed E-state index contributed by atoms with van der Waals surface area (Å²) in [4.78, 5) is 31.1. The molecule has 2 heterocycles. The average Bonchev–Trinajstić information content (AvgIpc) is 2.92. The van der Waals surface area contributed by atoms with Crippen LogP contribution in [0.4, 0.5) is 5.13 Å². The van der Waals surface area contributed by atoms with Gasteiger partial charge in [-0.05, 0) is 12.1 Å². The predicted octanol–water partition coefficient (Wildman–Crippen LogP) is 2.24. The largest absolute Gasteiger partial charge is 0.360 e. The third-order valence-electron chi connectivity index (χ3n) is 2.69. The number of aromatic nitrogens is 2. The van der Waals surface area contributed by atoms with Crippen molar-refractivity contribution in [1.82, 2.24) is 9.97 Å². The Balaban J connectivity index is 2.03. The fourth-order valence-corrected chi connectivity index (χ4v) is 2.31. The van der Waals surface area contributed by atoms with Crippen molar-refractivity contribution in [2.45, 2.75) is 0 Å². The number of hydrogen-bond acceptors (Lipinski definition) is 4. The number of aromatic amines is 1. The molecule has 0 atom stereocenters. The Bertz CT molecular complexity index is 793. The maximum Gasteiger partial charge on any atom is 0.262 e. The first kappa shape index (κ1) is 11.6. The number of anilines is 1. The van der Waals surface area contributed by atoms with Crippen LogP contribution in [0.1, 0.15) is 10.4 Å². The van der Waals surface area contributed by atoms with Crippen LogP contribution in [0.15, 0.2) is 46.8 Å². The van der Waals surface area contributed by atoms with Crippen molar-refractivity contribution < 1.29 is 4.79 Å². The standard InChI is InChI=1S/C13H9N3O2S/c17-11-8-3-1-2-4-10(8)15-7-9(11)12(18)16-13-14-5-6-19-13/h1-7H,(H,15,17)(H,14,16,18). The van der Waals surface area contributed by atoms with Gasteiger partial charge >= 0.3 is 0 Å². The molecule has 1 aromatic carbocycles. The van der Waals surface area contributed by atoms with Crippen LogP contribution in [0, 0.1) is 0 Å². The van der Waals surface area contributed by atoms with Crippen molar-refractivity contribution in [3.05, 3.63) is 57.8 Å². The van der Waals surface area contributed by atoms with Crippen LogP contribution in [0.2, 0.25) is 0 Å². The van der Waals surface area contributed by atoms with Crippen molar-refractivity contribution in [3.8, 4) is 0 Å². The lowest BCUT2D eigenvalue weighted by atomic mass is 10.1. The van der Waals surface area contributed by atoms with Crippen LogP contribution in [0.25, 0.3) is 10.9 Å². The molecule has 0 saturated carbocycles. The maximum absolute atomic E-state index is 12.2. The predicted molar refractivity (Wildman–Crippen MR) is 74.6 cm³/mol. The molecule has 0 bridgehead atoms. The average molecular weight is 271 g/mol. The monoisotopic (exact) mass is 271 g/mol. The SMILES string of the molecule is O=C(Nc1nccs1)c1c[nH]c2ccccc2c1=O. The van der Waals surface area contributed by atoms with E-state index in [2.05, 4.69) is 15.3 Å². The lowest BCUT2D eigenvalue weighted by Gasteiger charge is -2.03. The van der Waals surface area contributed by atoms with E-state index in [1.54, 1.807) is 29.8 Å². The number of thiazole rings is 1. The molecule has 3 rings (SSSR count). The van der Waals surface area contributed by atoms with E-state index in [0.717, 1.165) is 0 Å². The highest BCUT2D eigenvalue weighted by Crippen LogP contribution is 2.12. The lowest BCUT2D eigenvalue weighted by Crippen LogP contribution is -2.21. The first-order valence-corrected chi connectivity index (χ1v) is 6.45. The van der Waals surface area contributed by atoms with Gasteiger partial charge in [-0.25, -0.2) is 4.98 Å². The summed E-state index contributed by atoms with van der Waals surface area (Å²) in [6.07, 6.45) is 3.01. The summed E-state index contributed by atoms with van der Waals surface area (Å²) in [6.45, 7) is 0. The van der Waals surface area contributed by atoms with E-state index < -0.39 is 5.91 Å². The van der Waals surface area contributed by atoms with E-state index in [1.165, 1.54) is 17.5 Å². The number of pyridine rings is 1. The Kier molecular flexibility index (Phi) is 2.85. The van der Waals surface area contributed by atoms with E-state index >= 15 is 0 Å². The Morgan fingerprint density at radius 1 is 1.32 bits per heavy atom. The van der Waals surface area contributed by atoms with E-state index in [1.807, 2.05) is 6.07 Å². The minimum Gasteiger partial charge on any atom is -0.360 e. The molecule has 0 aliphatic heterocycles. The summed E-state index contributed by atoms with van der Waals surface area (Å²) in [5.41, 5.74) is 0.496. The van der Waals surface area contributed by atoms with Crippen molar-refractivity contribution in [2.24, 2.45) is 0 Å². The number of nitrogens with one attached hydrogen (secondary N) is 2. The zero-order valence-corrected chi connectivity index (χ0v) is 10.5. The van der Waals surface area contributed by atoms with Crippen molar-refractivity contribution in [1.29, 1.82) is 0 Å². The molecule has 19 heavy (non-hydrogen) atoms.